The summed E-state index contributed by atoms with van der Waals surface area (Å²) in [6.07, 6.45) is 1.00. The van der Waals surface area contributed by atoms with Crippen molar-refractivity contribution in [3.8, 4) is 5.75 Å². The lowest BCUT2D eigenvalue weighted by atomic mass is 9.99. The maximum Gasteiger partial charge on any atom is 0.118 e. The quantitative estimate of drug-likeness (QED) is 0.914. The van der Waals surface area contributed by atoms with E-state index in [1.54, 1.807) is 7.11 Å². The molecule has 0 bridgehead atoms. The van der Waals surface area contributed by atoms with Crippen molar-refractivity contribution in [1.29, 1.82) is 0 Å². The molecule has 0 saturated carbocycles. The summed E-state index contributed by atoms with van der Waals surface area (Å²) in [5, 5.41) is 3.60. The van der Waals surface area contributed by atoms with Crippen LogP contribution in [0.2, 0.25) is 0 Å². The highest BCUT2D eigenvalue weighted by Crippen LogP contribution is 2.24. The van der Waals surface area contributed by atoms with Gasteiger partial charge in [0.05, 0.1) is 26.4 Å². The lowest BCUT2D eigenvalue weighted by molar-refractivity contribution is 0.0824. The molecule has 1 aliphatic heterocycles. The van der Waals surface area contributed by atoms with Crippen molar-refractivity contribution in [3.05, 3.63) is 65.2 Å². The van der Waals surface area contributed by atoms with E-state index in [1.807, 2.05) is 12.1 Å². The summed E-state index contributed by atoms with van der Waals surface area (Å²) in [5.41, 5.74) is 3.98. The minimum absolute atomic E-state index is 0.299. The second kappa shape index (κ2) is 6.74. The van der Waals surface area contributed by atoms with Crippen LogP contribution in [0.5, 0.6) is 5.75 Å². The zero-order valence-electron chi connectivity index (χ0n) is 12.3. The van der Waals surface area contributed by atoms with Crippen LogP contribution in [-0.2, 0) is 17.8 Å². The summed E-state index contributed by atoms with van der Waals surface area (Å²) < 4.78 is 10.8. The maximum absolute atomic E-state index is 5.66. The van der Waals surface area contributed by atoms with E-state index in [-0.39, 0.29) is 0 Å². The fourth-order valence-electron chi connectivity index (χ4n) is 2.73. The Morgan fingerprint density at radius 1 is 1.14 bits per heavy atom. The van der Waals surface area contributed by atoms with Crippen molar-refractivity contribution in [1.82, 2.24) is 5.32 Å². The number of hydrogen-bond acceptors (Lipinski definition) is 3. The van der Waals surface area contributed by atoms with Crippen molar-refractivity contribution in [2.24, 2.45) is 0 Å². The lowest BCUT2D eigenvalue weighted by Gasteiger charge is -2.26. The Balaban J connectivity index is 1.56. The summed E-state index contributed by atoms with van der Waals surface area (Å²) in [6.45, 7) is 2.42. The number of benzene rings is 2. The van der Waals surface area contributed by atoms with Gasteiger partial charge in [-0.15, -0.1) is 0 Å². The molecular weight excluding hydrogens is 262 g/mol. The topological polar surface area (TPSA) is 30.5 Å². The highest BCUT2D eigenvalue weighted by molar-refractivity contribution is 5.31. The first kappa shape index (κ1) is 14.1. The molecule has 0 fully saturated rings. The molecule has 0 aromatic heterocycles. The smallest absolute Gasteiger partial charge is 0.118 e. The monoisotopic (exact) mass is 283 g/mol. The normalized spacial score (nSPS) is 17.3. The molecule has 3 nitrogen and oxygen atoms in total. The minimum atomic E-state index is 0.299. The van der Waals surface area contributed by atoms with Crippen molar-refractivity contribution >= 4 is 0 Å². The molecule has 3 heteroatoms. The SMILES string of the molecule is COc1ccc(CCNC2COCc3ccccc32)cc1. The van der Waals surface area contributed by atoms with E-state index in [1.165, 1.54) is 16.7 Å². The van der Waals surface area contributed by atoms with Crippen LogP contribution in [0.25, 0.3) is 0 Å². The Labute approximate surface area is 125 Å². The van der Waals surface area contributed by atoms with Crippen LogP contribution in [-0.4, -0.2) is 20.3 Å². The summed E-state index contributed by atoms with van der Waals surface area (Å²) in [5.74, 6) is 0.904. The Morgan fingerprint density at radius 3 is 2.76 bits per heavy atom. The Hall–Kier alpha value is -1.84. The maximum atomic E-state index is 5.66. The Kier molecular flexibility index (Phi) is 4.53. The Morgan fingerprint density at radius 2 is 1.95 bits per heavy atom. The van der Waals surface area contributed by atoms with Gasteiger partial charge in [-0.25, -0.2) is 0 Å². The number of ether oxygens (including phenoxy) is 2. The summed E-state index contributed by atoms with van der Waals surface area (Å²) >= 11 is 0. The molecular formula is C18H21NO2. The summed E-state index contributed by atoms with van der Waals surface area (Å²) in [7, 11) is 1.69. The molecule has 110 valence electrons. The van der Waals surface area contributed by atoms with E-state index in [0.29, 0.717) is 6.04 Å². The molecule has 1 heterocycles. The number of hydrogen-bond donors (Lipinski definition) is 1. The number of fused-ring (bicyclic) bond motifs is 1. The van der Waals surface area contributed by atoms with Gasteiger partial charge >= 0.3 is 0 Å². The molecule has 0 saturated heterocycles. The third-order valence-corrected chi connectivity index (χ3v) is 3.94. The van der Waals surface area contributed by atoms with E-state index >= 15 is 0 Å². The van der Waals surface area contributed by atoms with Gasteiger partial charge in [0.15, 0.2) is 0 Å². The molecule has 1 atom stereocenters. The van der Waals surface area contributed by atoms with Gasteiger partial charge in [0, 0.05) is 0 Å². The zero-order chi connectivity index (χ0) is 14.5. The molecule has 3 rings (SSSR count). The molecule has 0 radical (unpaired) electrons. The molecule has 2 aromatic carbocycles. The van der Waals surface area contributed by atoms with Gasteiger partial charge in [-0.05, 0) is 41.8 Å². The van der Waals surface area contributed by atoms with Crippen LogP contribution in [0.3, 0.4) is 0 Å². The van der Waals surface area contributed by atoms with Gasteiger partial charge in [0.1, 0.15) is 5.75 Å². The molecule has 0 amide bonds. The lowest BCUT2D eigenvalue weighted by Crippen LogP contribution is -2.31. The molecule has 0 spiro atoms. The van der Waals surface area contributed by atoms with Gasteiger partial charge in [-0.2, -0.15) is 0 Å². The highest BCUT2D eigenvalue weighted by Gasteiger charge is 2.19. The predicted octanol–water partition coefficient (Wildman–Crippen LogP) is 3.10. The third-order valence-electron chi connectivity index (χ3n) is 3.94. The van der Waals surface area contributed by atoms with Crippen LogP contribution in [0.15, 0.2) is 48.5 Å². The van der Waals surface area contributed by atoms with E-state index in [2.05, 4.69) is 41.7 Å². The number of rotatable bonds is 5. The van der Waals surface area contributed by atoms with Crippen molar-refractivity contribution in [2.75, 3.05) is 20.3 Å². The van der Waals surface area contributed by atoms with E-state index < -0.39 is 0 Å². The van der Waals surface area contributed by atoms with Crippen LogP contribution in [0.1, 0.15) is 22.7 Å². The Bertz CT molecular complexity index is 580. The fourth-order valence-corrected chi connectivity index (χ4v) is 2.73. The van der Waals surface area contributed by atoms with Crippen molar-refractivity contribution in [2.45, 2.75) is 19.1 Å². The molecule has 0 aliphatic carbocycles. The summed E-state index contributed by atoms with van der Waals surface area (Å²) in [4.78, 5) is 0. The van der Waals surface area contributed by atoms with Crippen LogP contribution >= 0.6 is 0 Å². The average molecular weight is 283 g/mol. The fraction of sp³-hybridized carbons (Fsp3) is 0.333. The van der Waals surface area contributed by atoms with Gasteiger partial charge in [-0.1, -0.05) is 36.4 Å². The van der Waals surface area contributed by atoms with Gasteiger partial charge in [0.2, 0.25) is 0 Å². The molecule has 1 N–H and O–H groups in total. The zero-order valence-corrected chi connectivity index (χ0v) is 12.3. The van der Waals surface area contributed by atoms with Gasteiger partial charge < -0.3 is 14.8 Å². The second-order valence-electron chi connectivity index (χ2n) is 5.32. The molecule has 1 aliphatic rings. The first-order valence-corrected chi connectivity index (χ1v) is 7.38. The van der Waals surface area contributed by atoms with Crippen molar-refractivity contribution in [3.63, 3.8) is 0 Å². The standard InChI is InChI=1S/C18H21NO2/c1-20-16-8-6-14(7-9-16)10-11-19-18-13-21-12-15-4-2-3-5-17(15)18/h2-9,18-19H,10-13H2,1H3. The second-order valence-corrected chi connectivity index (χ2v) is 5.32. The van der Waals surface area contributed by atoms with E-state index in [4.69, 9.17) is 9.47 Å². The predicted molar refractivity (Wildman–Crippen MR) is 83.5 cm³/mol. The molecule has 2 aromatic rings. The van der Waals surface area contributed by atoms with Crippen LogP contribution in [0.4, 0.5) is 0 Å². The minimum Gasteiger partial charge on any atom is -0.497 e. The van der Waals surface area contributed by atoms with Crippen LogP contribution < -0.4 is 10.1 Å². The third kappa shape index (κ3) is 3.43. The first-order chi connectivity index (χ1) is 10.4. The number of nitrogens with one attached hydrogen (secondary N) is 1. The highest BCUT2D eigenvalue weighted by atomic mass is 16.5. The summed E-state index contributed by atoms with van der Waals surface area (Å²) in [6, 6.07) is 17.1. The largest absolute Gasteiger partial charge is 0.497 e. The van der Waals surface area contributed by atoms with Gasteiger partial charge in [-0.3, -0.25) is 0 Å². The van der Waals surface area contributed by atoms with Gasteiger partial charge in [0.25, 0.3) is 0 Å². The van der Waals surface area contributed by atoms with E-state index in [0.717, 1.165) is 31.9 Å². The van der Waals surface area contributed by atoms with Crippen molar-refractivity contribution < 1.29 is 9.47 Å². The van der Waals surface area contributed by atoms with Crippen LogP contribution in [0, 0.1) is 0 Å². The number of methoxy groups -OCH3 is 1. The molecule has 1 unspecified atom stereocenters. The average Bonchev–Trinajstić information content (AvgIpc) is 2.56. The van der Waals surface area contributed by atoms with E-state index in [9.17, 15) is 0 Å². The molecule has 21 heavy (non-hydrogen) atoms. The first-order valence-electron chi connectivity index (χ1n) is 7.38.